The topological polar surface area (TPSA) is 46.5 Å². The summed E-state index contributed by atoms with van der Waals surface area (Å²) < 4.78 is 5.77. The van der Waals surface area contributed by atoms with E-state index in [1.807, 2.05) is 57.2 Å². The van der Waals surface area contributed by atoms with Crippen LogP contribution in [-0.2, 0) is 4.74 Å². The van der Waals surface area contributed by atoms with Gasteiger partial charge in [-0.1, -0.05) is 56.0 Å². The third-order valence-electron chi connectivity index (χ3n) is 4.48. The largest absolute Gasteiger partial charge is 0.516 e. The number of rotatable bonds is 6. The molecule has 130 valence electrons. The molecule has 0 saturated heterocycles. The molecule has 0 aliphatic heterocycles. The van der Waals surface area contributed by atoms with E-state index in [1.54, 1.807) is 24.3 Å². The fourth-order valence-corrected chi connectivity index (χ4v) is 2.52. The van der Waals surface area contributed by atoms with Gasteiger partial charge in [0.1, 0.15) is 5.60 Å². The van der Waals surface area contributed by atoms with Gasteiger partial charge in [0, 0.05) is 5.92 Å². The van der Waals surface area contributed by atoms with Crippen LogP contribution in [0, 0.1) is 0 Å². The lowest BCUT2D eigenvalue weighted by molar-refractivity contribution is -0.0111. The van der Waals surface area contributed by atoms with Crippen LogP contribution in [0.15, 0.2) is 61.4 Å². The zero-order valence-corrected chi connectivity index (χ0v) is 14.9. The summed E-state index contributed by atoms with van der Waals surface area (Å²) in [6, 6.07) is 15.0. The van der Waals surface area contributed by atoms with Crippen molar-refractivity contribution in [2.24, 2.45) is 0 Å². The minimum Gasteiger partial charge on any atom is -0.516 e. The minimum absolute atomic E-state index is 0.0102. The summed E-state index contributed by atoms with van der Waals surface area (Å²) in [4.78, 5) is 12.5. The van der Waals surface area contributed by atoms with Crippen molar-refractivity contribution in [3.63, 3.8) is 0 Å². The zero-order chi connectivity index (χ0) is 18.4. The average molecular weight is 336 g/mol. The van der Waals surface area contributed by atoms with E-state index in [0.29, 0.717) is 5.56 Å². The summed E-state index contributed by atoms with van der Waals surface area (Å²) in [7, 11) is 0. The van der Waals surface area contributed by atoms with E-state index < -0.39 is 5.60 Å². The Morgan fingerprint density at radius 3 is 2.16 bits per heavy atom. The van der Waals surface area contributed by atoms with E-state index in [9.17, 15) is 4.79 Å². The van der Waals surface area contributed by atoms with Gasteiger partial charge in [-0.3, -0.25) is 0 Å². The molecule has 3 nitrogen and oxygen atoms in total. The molecular formula is C22H24O3. The normalized spacial score (nSPS) is 12.8. The van der Waals surface area contributed by atoms with Crippen LogP contribution in [-0.4, -0.2) is 16.7 Å². The number of carbonyl (C=O) groups is 1. The monoisotopic (exact) mass is 336 g/mol. The number of esters is 1. The minimum atomic E-state index is -0.664. The average Bonchev–Trinajstić information content (AvgIpc) is 2.61. The predicted molar refractivity (Wildman–Crippen MR) is 103 cm³/mol. The van der Waals surface area contributed by atoms with E-state index in [2.05, 4.69) is 6.58 Å². The predicted octanol–water partition coefficient (Wildman–Crippen LogP) is 5.60. The van der Waals surface area contributed by atoms with Crippen LogP contribution in [0.2, 0.25) is 0 Å². The number of aliphatic hydroxyl groups excluding tert-OH is 1. The third-order valence-corrected chi connectivity index (χ3v) is 4.48. The molecule has 0 fully saturated rings. The number of carbonyl (C=O) groups excluding carboxylic acids is 1. The van der Waals surface area contributed by atoms with Crippen LogP contribution in [0.25, 0.3) is 12.2 Å². The van der Waals surface area contributed by atoms with Gasteiger partial charge in [-0.2, -0.15) is 0 Å². The molecule has 1 N–H and O–H groups in total. The molecule has 0 saturated carbocycles. The molecular weight excluding hydrogens is 312 g/mol. The van der Waals surface area contributed by atoms with Gasteiger partial charge < -0.3 is 9.84 Å². The first-order chi connectivity index (χ1) is 11.9. The number of hydrogen-bond acceptors (Lipinski definition) is 3. The summed E-state index contributed by atoms with van der Waals surface area (Å²) in [6.07, 6.45) is 4.37. The molecule has 0 aliphatic carbocycles. The van der Waals surface area contributed by atoms with Crippen molar-refractivity contribution >= 4 is 18.1 Å². The van der Waals surface area contributed by atoms with Crippen molar-refractivity contribution in [2.45, 2.75) is 32.3 Å². The number of benzene rings is 2. The zero-order valence-electron chi connectivity index (χ0n) is 14.9. The first-order valence-electron chi connectivity index (χ1n) is 8.24. The van der Waals surface area contributed by atoms with Crippen LogP contribution in [0.5, 0.6) is 0 Å². The maximum absolute atomic E-state index is 12.5. The van der Waals surface area contributed by atoms with Gasteiger partial charge in [-0.15, -0.1) is 0 Å². The lowest BCUT2D eigenvalue weighted by Gasteiger charge is -2.32. The highest BCUT2D eigenvalue weighted by atomic mass is 16.6. The molecule has 2 rings (SSSR count). The van der Waals surface area contributed by atoms with Crippen LogP contribution in [0.4, 0.5) is 0 Å². The Bertz CT molecular complexity index is 753. The summed E-state index contributed by atoms with van der Waals surface area (Å²) in [6.45, 7) is 9.56. The summed E-state index contributed by atoms with van der Waals surface area (Å²) in [5.74, 6) is -0.330. The smallest absolute Gasteiger partial charge is 0.338 e. The number of ether oxygens (including phenoxy) is 1. The number of hydrogen-bond donors (Lipinski definition) is 1. The van der Waals surface area contributed by atoms with E-state index in [1.165, 1.54) is 0 Å². The highest BCUT2D eigenvalue weighted by Gasteiger charge is 2.31. The van der Waals surface area contributed by atoms with Gasteiger partial charge in [0.2, 0.25) is 0 Å². The molecule has 25 heavy (non-hydrogen) atoms. The van der Waals surface area contributed by atoms with Gasteiger partial charge in [0.15, 0.2) is 0 Å². The Balaban J connectivity index is 2.12. The van der Waals surface area contributed by atoms with Crippen LogP contribution in [0.3, 0.4) is 0 Å². The van der Waals surface area contributed by atoms with E-state index in [4.69, 9.17) is 9.84 Å². The second kappa shape index (κ2) is 7.84. The van der Waals surface area contributed by atoms with E-state index in [-0.39, 0.29) is 11.9 Å². The Labute approximate surface area is 149 Å². The van der Waals surface area contributed by atoms with Gasteiger partial charge in [0.25, 0.3) is 0 Å². The van der Waals surface area contributed by atoms with E-state index in [0.717, 1.165) is 23.0 Å². The van der Waals surface area contributed by atoms with Gasteiger partial charge in [-0.25, -0.2) is 4.79 Å². The highest BCUT2D eigenvalue weighted by molar-refractivity contribution is 5.90. The van der Waals surface area contributed by atoms with Crippen molar-refractivity contribution in [1.29, 1.82) is 0 Å². The highest BCUT2D eigenvalue weighted by Crippen LogP contribution is 2.32. The molecule has 2 aromatic rings. The fourth-order valence-electron chi connectivity index (χ4n) is 2.52. The molecule has 0 bridgehead atoms. The molecule has 0 heterocycles. The second-order valence-electron chi connectivity index (χ2n) is 6.52. The quantitative estimate of drug-likeness (QED) is 0.552. The van der Waals surface area contributed by atoms with Gasteiger partial charge >= 0.3 is 5.97 Å². The Hall–Kier alpha value is -2.81. The van der Waals surface area contributed by atoms with Crippen LogP contribution >= 0.6 is 0 Å². The van der Waals surface area contributed by atoms with Crippen molar-refractivity contribution in [1.82, 2.24) is 0 Å². The van der Waals surface area contributed by atoms with Gasteiger partial charge in [0.05, 0.1) is 11.8 Å². The summed E-state index contributed by atoms with van der Waals surface area (Å²) in [5.41, 5.74) is 2.80. The van der Waals surface area contributed by atoms with Crippen LogP contribution < -0.4 is 0 Å². The Morgan fingerprint density at radius 2 is 1.64 bits per heavy atom. The van der Waals surface area contributed by atoms with Crippen molar-refractivity contribution in [2.75, 3.05) is 0 Å². The van der Waals surface area contributed by atoms with Crippen LogP contribution in [0.1, 0.15) is 53.7 Å². The van der Waals surface area contributed by atoms with Gasteiger partial charge in [-0.05, 0) is 48.7 Å². The fraction of sp³-hybridized carbons (Fsp3) is 0.227. The maximum atomic E-state index is 12.5. The molecule has 0 amide bonds. The molecule has 0 aliphatic rings. The standard InChI is InChI=1S/C22H24O3/c1-5-17-6-12-20(13-7-17)21(24)25-22(3,4)16(2)19-10-8-18(9-11-19)14-15-23/h5-16,23H,1H2,2-4H3. The van der Waals surface area contributed by atoms with Crippen molar-refractivity contribution < 1.29 is 14.6 Å². The third kappa shape index (κ3) is 4.60. The van der Waals surface area contributed by atoms with Crippen molar-refractivity contribution in [3.05, 3.63) is 83.6 Å². The lowest BCUT2D eigenvalue weighted by atomic mass is 9.85. The number of aliphatic hydroxyl groups is 1. The van der Waals surface area contributed by atoms with Crippen molar-refractivity contribution in [3.8, 4) is 0 Å². The van der Waals surface area contributed by atoms with E-state index >= 15 is 0 Å². The maximum Gasteiger partial charge on any atom is 0.338 e. The molecule has 0 spiro atoms. The molecule has 3 heteroatoms. The molecule has 0 radical (unpaired) electrons. The summed E-state index contributed by atoms with van der Waals surface area (Å²) >= 11 is 0. The Morgan fingerprint density at radius 1 is 1.08 bits per heavy atom. The SMILES string of the molecule is C=Cc1ccc(C(=O)OC(C)(C)C(C)c2ccc(C=CO)cc2)cc1. The molecule has 1 atom stereocenters. The molecule has 0 aromatic heterocycles. The second-order valence-corrected chi connectivity index (χ2v) is 6.52. The first kappa shape index (κ1) is 18.5. The lowest BCUT2D eigenvalue weighted by Crippen LogP contribution is -2.34. The Kier molecular flexibility index (Phi) is 5.81. The summed E-state index contributed by atoms with van der Waals surface area (Å²) in [5, 5.41) is 8.82. The first-order valence-corrected chi connectivity index (χ1v) is 8.24. The molecule has 2 aromatic carbocycles. The molecule has 1 unspecified atom stereocenters.